The second-order valence-corrected chi connectivity index (χ2v) is 4.82. The molecule has 0 saturated heterocycles. The molecule has 5 heteroatoms. The first-order valence-electron chi connectivity index (χ1n) is 6.56. The van der Waals surface area contributed by atoms with Crippen LogP contribution in [0.15, 0.2) is 18.2 Å². The summed E-state index contributed by atoms with van der Waals surface area (Å²) < 4.78 is 5.89. The Morgan fingerprint density at radius 2 is 2.37 bits per heavy atom. The summed E-state index contributed by atoms with van der Waals surface area (Å²) in [7, 11) is 0. The number of aliphatic carboxylic acids is 1. The first kappa shape index (κ1) is 13.7. The number of ether oxygens (including phenoxy) is 1. The molecule has 0 aliphatic carbocycles. The molecule has 1 heterocycles. The Morgan fingerprint density at radius 1 is 1.63 bits per heavy atom. The lowest BCUT2D eigenvalue weighted by atomic mass is 10.1. The molecular weight excluding hydrogens is 244 g/mol. The number of hydrogen-bond donors (Lipinski definition) is 2. The molecule has 0 fully saturated rings. The first-order chi connectivity index (χ1) is 9.06. The van der Waals surface area contributed by atoms with E-state index < -0.39 is 12.0 Å². The molecule has 2 atom stereocenters. The molecule has 5 nitrogen and oxygen atoms in total. The third kappa shape index (κ3) is 2.66. The second kappa shape index (κ2) is 5.48. The summed E-state index contributed by atoms with van der Waals surface area (Å²) in [4.78, 5) is 13.1. The Balaban J connectivity index is 2.39. The minimum absolute atomic E-state index is 0.0160. The van der Waals surface area contributed by atoms with Gasteiger partial charge in [-0.25, -0.2) is 4.79 Å². The molecule has 0 bridgehead atoms. The van der Waals surface area contributed by atoms with Crippen LogP contribution in [0, 0.1) is 0 Å². The van der Waals surface area contributed by atoms with Gasteiger partial charge in [-0.05, 0) is 31.0 Å². The van der Waals surface area contributed by atoms with Gasteiger partial charge in [0.25, 0.3) is 0 Å². The van der Waals surface area contributed by atoms with Gasteiger partial charge in [0.1, 0.15) is 17.9 Å². The van der Waals surface area contributed by atoms with E-state index >= 15 is 0 Å². The minimum Gasteiger partial charge on any atom is -0.486 e. The lowest BCUT2D eigenvalue weighted by Gasteiger charge is -2.38. The van der Waals surface area contributed by atoms with Crippen molar-refractivity contribution >= 4 is 11.7 Å². The molecule has 1 aliphatic rings. The molecule has 0 radical (unpaired) electrons. The zero-order valence-electron chi connectivity index (χ0n) is 11.3. The predicted octanol–water partition coefficient (Wildman–Crippen LogP) is 1.60. The molecule has 0 spiro atoms. The number of hydrogen-bond acceptors (Lipinski definition) is 4. The molecule has 0 saturated carbocycles. The molecular formula is C14H20N2O3. The number of benzene rings is 1. The second-order valence-electron chi connectivity index (χ2n) is 4.82. The van der Waals surface area contributed by atoms with E-state index in [1.165, 1.54) is 0 Å². The van der Waals surface area contributed by atoms with Gasteiger partial charge < -0.3 is 20.5 Å². The van der Waals surface area contributed by atoms with Gasteiger partial charge >= 0.3 is 5.97 Å². The summed E-state index contributed by atoms with van der Waals surface area (Å²) in [6.07, 6.45) is 0.858. The summed E-state index contributed by atoms with van der Waals surface area (Å²) in [5.74, 6) is -0.0974. The van der Waals surface area contributed by atoms with Gasteiger partial charge in [-0.15, -0.1) is 0 Å². The highest BCUT2D eigenvalue weighted by atomic mass is 16.5. The lowest BCUT2D eigenvalue weighted by Crippen LogP contribution is -2.47. The Morgan fingerprint density at radius 3 is 2.95 bits per heavy atom. The standard InChI is InChI=1S/C14H20N2O3/c1-3-11-8-16(9(2)14(17)18)12-5-4-10(7-15)6-13(12)19-11/h4-6,9,11H,3,7-8,15H2,1-2H3,(H,17,18). The third-order valence-electron chi connectivity index (χ3n) is 3.54. The molecule has 2 unspecified atom stereocenters. The summed E-state index contributed by atoms with van der Waals surface area (Å²) in [6.45, 7) is 4.77. The topological polar surface area (TPSA) is 75.8 Å². The molecule has 1 aromatic carbocycles. The Labute approximate surface area is 113 Å². The van der Waals surface area contributed by atoms with E-state index in [9.17, 15) is 9.90 Å². The summed E-state index contributed by atoms with van der Waals surface area (Å²) in [5.41, 5.74) is 7.44. The van der Waals surface area contributed by atoms with Crippen LogP contribution in [0.25, 0.3) is 0 Å². The third-order valence-corrected chi connectivity index (χ3v) is 3.54. The number of carbonyl (C=O) groups is 1. The van der Waals surface area contributed by atoms with Crippen LogP contribution in [0.1, 0.15) is 25.8 Å². The maximum Gasteiger partial charge on any atom is 0.326 e. The highest BCUT2D eigenvalue weighted by Gasteiger charge is 2.30. The molecule has 104 valence electrons. The van der Waals surface area contributed by atoms with Crippen molar-refractivity contribution < 1.29 is 14.6 Å². The van der Waals surface area contributed by atoms with Gasteiger partial charge in [0.15, 0.2) is 0 Å². The number of nitrogens with two attached hydrogens (primary N) is 1. The molecule has 3 N–H and O–H groups in total. The average molecular weight is 264 g/mol. The van der Waals surface area contributed by atoms with Gasteiger partial charge in [0, 0.05) is 6.54 Å². The van der Waals surface area contributed by atoms with Crippen molar-refractivity contribution in [3.63, 3.8) is 0 Å². The van der Waals surface area contributed by atoms with E-state index in [1.54, 1.807) is 6.92 Å². The Kier molecular flexibility index (Phi) is 3.95. The van der Waals surface area contributed by atoms with Crippen molar-refractivity contribution in [3.8, 4) is 5.75 Å². The lowest BCUT2D eigenvalue weighted by molar-refractivity contribution is -0.138. The van der Waals surface area contributed by atoms with Gasteiger partial charge in [-0.1, -0.05) is 13.0 Å². The van der Waals surface area contributed by atoms with Crippen molar-refractivity contribution in [2.24, 2.45) is 5.73 Å². The van der Waals surface area contributed by atoms with Crippen LogP contribution in [0.2, 0.25) is 0 Å². The predicted molar refractivity (Wildman–Crippen MR) is 73.5 cm³/mol. The van der Waals surface area contributed by atoms with Crippen LogP contribution in [-0.4, -0.2) is 29.8 Å². The van der Waals surface area contributed by atoms with Crippen LogP contribution in [0.4, 0.5) is 5.69 Å². The molecule has 1 aliphatic heterocycles. The normalized spacial score (nSPS) is 19.5. The first-order valence-corrected chi connectivity index (χ1v) is 6.56. The van der Waals surface area contributed by atoms with Crippen molar-refractivity contribution in [2.45, 2.75) is 39.0 Å². The number of carboxylic acid groups (broad SMARTS) is 1. The quantitative estimate of drug-likeness (QED) is 0.863. The number of anilines is 1. The van der Waals surface area contributed by atoms with Crippen LogP contribution in [0.5, 0.6) is 5.75 Å². The highest BCUT2D eigenvalue weighted by Crippen LogP contribution is 2.36. The number of rotatable bonds is 4. The summed E-state index contributed by atoms with van der Waals surface area (Å²) in [5, 5.41) is 9.22. The van der Waals surface area contributed by atoms with Crippen molar-refractivity contribution in [3.05, 3.63) is 23.8 Å². The fourth-order valence-electron chi connectivity index (χ4n) is 2.26. The van der Waals surface area contributed by atoms with Gasteiger partial charge in [-0.3, -0.25) is 0 Å². The van der Waals surface area contributed by atoms with E-state index in [1.807, 2.05) is 30.0 Å². The highest BCUT2D eigenvalue weighted by molar-refractivity contribution is 5.79. The molecule has 1 aromatic rings. The molecule has 0 amide bonds. The van der Waals surface area contributed by atoms with Crippen LogP contribution in [0.3, 0.4) is 0 Å². The number of nitrogens with zero attached hydrogens (tertiary/aromatic N) is 1. The average Bonchev–Trinajstić information content (AvgIpc) is 2.44. The summed E-state index contributed by atoms with van der Waals surface area (Å²) in [6, 6.07) is 5.14. The zero-order valence-corrected chi connectivity index (χ0v) is 11.3. The molecule has 2 rings (SSSR count). The zero-order chi connectivity index (χ0) is 14.0. The fourth-order valence-corrected chi connectivity index (χ4v) is 2.26. The van der Waals surface area contributed by atoms with Crippen molar-refractivity contribution in [2.75, 3.05) is 11.4 Å². The van der Waals surface area contributed by atoms with Crippen LogP contribution in [-0.2, 0) is 11.3 Å². The van der Waals surface area contributed by atoms with Gasteiger partial charge in [0.2, 0.25) is 0 Å². The maximum atomic E-state index is 11.2. The van der Waals surface area contributed by atoms with Crippen molar-refractivity contribution in [1.82, 2.24) is 0 Å². The van der Waals surface area contributed by atoms with Crippen LogP contribution < -0.4 is 15.4 Å². The van der Waals surface area contributed by atoms with Crippen molar-refractivity contribution in [1.29, 1.82) is 0 Å². The van der Waals surface area contributed by atoms with Crippen LogP contribution >= 0.6 is 0 Å². The van der Waals surface area contributed by atoms with E-state index in [2.05, 4.69) is 0 Å². The number of carboxylic acids is 1. The monoisotopic (exact) mass is 264 g/mol. The van der Waals surface area contributed by atoms with E-state index in [0.29, 0.717) is 13.1 Å². The molecule has 19 heavy (non-hydrogen) atoms. The summed E-state index contributed by atoms with van der Waals surface area (Å²) >= 11 is 0. The SMILES string of the molecule is CCC1CN(C(C)C(=O)O)c2ccc(CN)cc2O1. The largest absolute Gasteiger partial charge is 0.486 e. The van der Waals surface area contributed by atoms with E-state index in [4.69, 9.17) is 10.5 Å². The Bertz CT molecular complexity index is 476. The smallest absolute Gasteiger partial charge is 0.326 e. The molecule has 0 aromatic heterocycles. The number of fused-ring (bicyclic) bond motifs is 1. The van der Waals surface area contributed by atoms with E-state index in [0.717, 1.165) is 23.4 Å². The van der Waals surface area contributed by atoms with Gasteiger partial charge in [0.05, 0.1) is 12.2 Å². The minimum atomic E-state index is -0.828. The Hall–Kier alpha value is -1.75. The van der Waals surface area contributed by atoms with Gasteiger partial charge in [-0.2, -0.15) is 0 Å². The maximum absolute atomic E-state index is 11.2. The van der Waals surface area contributed by atoms with E-state index in [-0.39, 0.29) is 6.10 Å². The fraction of sp³-hybridized carbons (Fsp3) is 0.500.